The SMILES string of the molecule is CC[C@@H](C)NC(=O)c1ccccc1NC(=O)[C@@H](CC)Oc1ccc(C)c(C)c1. The molecule has 2 N–H and O–H groups in total. The van der Waals surface area contributed by atoms with Crippen molar-refractivity contribution < 1.29 is 14.3 Å². The molecular weight excluding hydrogens is 352 g/mol. The maximum absolute atomic E-state index is 12.8. The van der Waals surface area contributed by atoms with E-state index in [1.54, 1.807) is 24.3 Å². The van der Waals surface area contributed by atoms with Gasteiger partial charge < -0.3 is 15.4 Å². The van der Waals surface area contributed by atoms with Crippen LogP contribution >= 0.6 is 0 Å². The second-order valence-electron chi connectivity index (χ2n) is 7.08. The van der Waals surface area contributed by atoms with Crippen LogP contribution in [0.25, 0.3) is 0 Å². The van der Waals surface area contributed by atoms with Crippen molar-refractivity contribution >= 4 is 17.5 Å². The molecule has 28 heavy (non-hydrogen) atoms. The standard InChI is InChI=1S/C23H30N2O3/c1-6-17(5)24-22(26)19-10-8-9-11-20(19)25-23(27)21(7-2)28-18-13-12-15(3)16(4)14-18/h8-14,17,21H,6-7H2,1-5H3,(H,24,26)(H,25,27)/t17-,21-/m1/s1. The van der Waals surface area contributed by atoms with E-state index in [9.17, 15) is 9.59 Å². The number of ether oxygens (including phenoxy) is 1. The second-order valence-corrected chi connectivity index (χ2v) is 7.08. The highest BCUT2D eigenvalue weighted by molar-refractivity contribution is 6.04. The van der Waals surface area contributed by atoms with E-state index < -0.39 is 6.10 Å². The number of hydrogen-bond donors (Lipinski definition) is 2. The van der Waals surface area contributed by atoms with Gasteiger partial charge in [-0.25, -0.2) is 0 Å². The van der Waals surface area contributed by atoms with Gasteiger partial charge in [-0.3, -0.25) is 9.59 Å². The van der Waals surface area contributed by atoms with Crippen LogP contribution in [0.1, 0.15) is 55.1 Å². The van der Waals surface area contributed by atoms with Crippen molar-refractivity contribution in [3.05, 3.63) is 59.2 Å². The summed E-state index contributed by atoms with van der Waals surface area (Å²) < 4.78 is 5.90. The fraction of sp³-hybridized carbons (Fsp3) is 0.391. The number of aryl methyl sites for hydroxylation is 2. The molecule has 2 aromatic carbocycles. The average molecular weight is 383 g/mol. The van der Waals surface area contributed by atoms with Crippen molar-refractivity contribution in [1.29, 1.82) is 0 Å². The highest BCUT2D eigenvalue weighted by atomic mass is 16.5. The van der Waals surface area contributed by atoms with Gasteiger partial charge in [0.25, 0.3) is 11.8 Å². The van der Waals surface area contributed by atoms with E-state index in [0.717, 1.165) is 12.0 Å². The van der Waals surface area contributed by atoms with Gasteiger partial charge in [0.2, 0.25) is 0 Å². The van der Waals surface area contributed by atoms with Crippen LogP contribution in [0.3, 0.4) is 0 Å². The number of hydrogen-bond acceptors (Lipinski definition) is 3. The van der Waals surface area contributed by atoms with E-state index in [1.165, 1.54) is 5.56 Å². The molecule has 2 aromatic rings. The Balaban J connectivity index is 2.14. The third-order valence-corrected chi connectivity index (χ3v) is 4.84. The van der Waals surface area contributed by atoms with Gasteiger partial charge in [0.05, 0.1) is 11.3 Å². The van der Waals surface area contributed by atoms with Crippen molar-refractivity contribution in [2.75, 3.05) is 5.32 Å². The third kappa shape index (κ3) is 5.59. The van der Waals surface area contributed by atoms with E-state index in [-0.39, 0.29) is 17.9 Å². The van der Waals surface area contributed by atoms with Crippen LogP contribution in [0.5, 0.6) is 5.75 Å². The summed E-state index contributed by atoms with van der Waals surface area (Å²) in [6.45, 7) is 9.89. The number of carbonyl (C=O) groups is 2. The van der Waals surface area contributed by atoms with Gasteiger partial charge in [-0.1, -0.05) is 32.0 Å². The normalized spacial score (nSPS) is 12.8. The van der Waals surface area contributed by atoms with Crippen molar-refractivity contribution in [2.45, 2.75) is 59.6 Å². The Kier molecular flexibility index (Phi) is 7.61. The summed E-state index contributed by atoms with van der Waals surface area (Å²) in [5, 5.41) is 5.79. The van der Waals surface area contributed by atoms with Gasteiger partial charge in [-0.05, 0) is 69.0 Å². The number of rotatable bonds is 8. The fourth-order valence-electron chi connectivity index (χ4n) is 2.68. The van der Waals surface area contributed by atoms with Gasteiger partial charge in [0.15, 0.2) is 6.10 Å². The molecule has 0 aliphatic carbocycles. The van der Waals surface area contributed by atoms with Gasteiger partial charge in [0.1, 0.15) is 5.75 Å². The summed E-state index contributed by atoms with van der Waals surface area (Å²) in [6, 6.07) is 12.8. The Hall–Kier alpha value is -2.82. The average Bonchev–Trinajstić information content (AvgIpc) is 2.68. The molecule has 2 rings (SSSR count). The van der Waals surface area contributed by atoms with E-state index in [4.69, 9.17) is 4.74 Å². The summed E-state index contributed by atoms with van der Waals surface area (Å²) in [7, 11) is 0. The van der Waals surface area contributed by atoms with Crippen LogP contribution in [0, 0.1) is 13.8 Å². The maximum atomic E-state index is 12.8. The molecular formula is C23H30N2O3. The molecule has 0 fully saturated rings. The smallest absolute Gasteiger partial charge is 0.265 e. The largest absolute Gasteiger partial charge is 0.481 e. The van der Waals surface area contributed by atoms with Crippen LogP contribution < -0.4 is 15.4 Å². The van der Waals surface area contributed by atoms with Crippen molar-refractivity contribution in [2.24, 2.45) is 0 Å². The van der Waals surface area contributed by atoms with Crippen LogP contribution in [0.4, 0.5) is 5.69 Å². The predicted octanol–water partition coefficient (Wildman–Crippen LogP) is 4.63. The molecule has 0 saturated carbocycles. The van der Waals surface area contributed by atoms with Crippen LogP contribution in [-0.2, 0) is 4.79 Å². The molecule has 0 unspecified atom stereocenters. The Morgan fingerprint density at radius 1 is 1.00 bits per heavy atom. The lowest BCUT2D eigenvalue weighted by molar-refractivity contribution is -0.122. The molecule has 5 nitrogen and oxygen atoms in total. The zero-order valence-electron chi connectivity index (χ0n) is 17.3. The summed E-state index contributed by atoms with van der Waals surface area (Å²) in [5.41, 5.74) is 3.21. The lowest BCUT2D eigenvalue weighted by Gasteiger charge is -2.19. The first kappa shape index (κ1) is 21.5. The minimum atomic E-state index is -0.646. The monoisotopic (exact) mass is 382 g/mol. The molecule has 0 saturated heterocycles. The van der Waals surface area contributed by atoms with Crippen molar-refractivity contribution in [1.82, 2.24) is 5.32 Å². The minimum Gasteiger partial charge on any atom is -0.481 e. The Labute approximate surface area is 167 Å². The number of amides is 2. The van der Waals surface area contributed by atoms with Gasteiger partial charge in [-0.2, -0.15) is 0 Å². The summed E-state index contributed by atoms with van der Waals surface area (Å²) >= 11 is 0. The van der Waals surface area contributed by atoms with Crippen LogP contribution in [0.15, 0.2) is 42.5 Å². The molecule has 5 heteroatoms. The molecule has 0 heterocycles. The fourth-order valence-corrected chi connectivity index (χ4v) is 2.68. The first-order chi connectivity index (χ1) is 13.3. The molecule has 150 valence electrons. The molecule has 2 amide bonds. The highest BCUT2D eigenvalue weighted by Crippen LogP contribution is 2.20. The number of benzene rings is 2. The molecule has 0 aliphatic rings. The molecule has 2 atom stereocenters. The van der Waals surface area contributed by atoms with E-state index in [1.807, 2.05) is 52.8 Å². The van der Waals surface area contributed by atoms with Gasteiger partial charge in [-0.15, -0.1) is 0 Å². The lowest BCUT2D eigenvalue weighted by atomic mass is 10.1. The minimum absolute atomic E-state index is 0.0627. The van der Waals surface area contributed by atoms with E-state index in [2.05, 4.69) is 10.6 Å². The summed E-state index contributed by atoms with van der Waals surface area (Å²) in [6.07, 6.45) is 0.704. The van der Waals surface area contributed by atoms with E-state index >= 15 is 0 Å². The van der Waals surface area contributed by atoms with E-state index in [0.29, 0.717) is 23.4 Å². The van der Waals surface area contributed by atoms with Crippen molar-refractivity contribution in [3.63, 3.8) is 0 Å². The summed E-state index contributed by atoms with van der Waals surface area (Å²) in [4.78, 5) is 25.3. The van der Waals surface area contributed by atoms with Crippen LogP contribution in [0.2, 0.25) is 0 Å². The predicted molar refractivity (Wildman–Crippen MR) is 113 cm³/mol. The van der Waals surface area contributed by atoms with Crippen molar-refractivity contribution in [3.8, 4) is 5.75 Å². The quantitative estimate of drug-likeness (QED) is 0.699. The third-order valence-electron chi connectivity index (χ3n) is 4.84. The number of carbonyl (C=O) groups excluding carboxylic acids is 2. The topological polar surface area (TPSA) is 67.4 Å². The number of nitrogens with one attached hydrogen (secondary N) is 2. The Bertz CT molecular complexity index is 832. The number of para-hydroxylation sites is 1. The van der Waals surface area contributed by atoms with Crippen LogP contribution in [-0.4, -0.2) is 24.0 Å². The lowest BCUT2D eigenvalue weighted by Crippen LogP contribution is -2.35. The highest BCUT2D eigenvalue weighted by Gasteiger charge is 2.21. The molecule has 0 aliphatic heterocycles. The zero-order chi connectivity index (χ0) is 20.7. The Morgan fingerprint density at radius 3 is 2.36 bits per heavy atom. The molecule has 0 aromatic heterocycles. The first-order valence-electron chi connectivity index (χ1n) is 9.80. The number of anilines is 1. The molecule has 0 spiro atoms. The second kappa shape index (κ2) is 9.93. The summed E-state index contributed by atoms with van der Waals surface area (Å²) in [5.74, 6) is 0.186. The zero-order valence-corrected chi connectivity index (χ0v) is 17.3. The Morgan fingerprint density at radius 2 is 1.71 bits per heavy atom. The first-order valence-corrected chi connectivity index (χ1v) is 9.80. The molecule has 0 bridgehead atoms. The molecule has 0 radical (unpaired) electrons. The van der Waals surface area contributed by atoms with Gasteiger partial charge in [0, 0.05) is 6.04 Å². The van der Waals surface area contributed by atoms with Gasteiger partial charge >= 0.3 is 0 Å². The maximum Gasteiger partial charge on any atom is 0.265 e.